The number of anilines is 2. The molecule has 3 N–H and O–H groups in total. The number of hydrogen-bond acceptors (Lipinski definition) is 8. The van der Waals surface area contributed by atoms with Crippen LogP contribution in [-0.2, 0) is 18.4 Å². The van der Waals surface area contributed by atoms with E-state index in [4.69, 9.17) is 16.3 Å². The zero-order valence-corrected chi connectivity index (χ0v) is 22.6. The second-order valence-electron chi connectivity index (χ2n) is 9.20. The lowest BCUT2D eigenvalue weighted by atomic mass is 10.1. The van der Waals surface area contributed by atoms with Gasteiger partial charge >= 0.3 is 6.03 Å². The van der Waals surface area contributed by atoms with Crippen molar-refractivity contribution in [3.05, 3.63) is 71.0 Å². The molecule has 0 spiro atoms. The van der Waals surface area contributed by atoms with Crippen molar-refractivity contribution in [1.29, 1.82) is 0 Å². The molecule has 1 aliphatic rings. The van der Waals surface area contributed by atoms with E-state index in [-0.39, 0.29) is 12.3 Å². The first-order chi connectivity index (χ1) is 19.2. The van der Waals surface area contributed by atoms with Crippen LogP contribution in [0.1, 0.15) is 24.2 Å². The summed E-state index contributed by atoms with van der Waals surface area (Å²) in [4.78, 5) is 36.4. The van der Waals surface area contributed by atoms with Gasteiger partial charge in [0.25, 0.3) is 0 Å². The zero-order chi connectivity index (χ0) is 28.6. The van der Waals surface area contributed by atoms with E-state index in [9.17, 15) is 19.1 Å². The molecule has 4 aromatic rings. The Balaban J connectivity index is 1.30. The van der Waals surface area contributed by atoms with Gasteiger partial charge < -0.3 is 25.4 Å². The van der Waals surface area contributed by atoms with Crippen LogP contribution < -0.4 is 15.4 Å². The Labute approximate surface area is 233 Å². The van der Waals surface area contributed by atoms with Crippen LogP contribution in [0.5, 0.6) is 5.75 Å². The van der Waals surface area contributed by atoms with Gasteiger partial charge in [-0.15, -0.1) is 0 Å². The number of nitrogens with one attached hydrogen (secondary N) is 2. The smallest absolute Gasteiger partial charge is 0.329 e. The molecule has 14 heteroatoms. The van der Waals surface area contributed by atoms with Crippen molar-refractivity contribution < 1.29 is 23.8 Å². The van der Waals surface area contributed by atoms with Gasteiger partial charge in [0.1, 0.15) is 23.4 Å². The fourth-order valence-electron chi connectivity index (χ4n) is 4.43. The van der Waals surface area contributed by atoms with Gasteiger partial charge in [-0.3, -0.25) is 14.0 Å². The van der Waals surface area contributed by atoms with Crippen LogP contribution in [0.25, 0.3) is 11.3 Å². The number of aliphatic hydroxyl groups excluding tert-OH is 1. The van der Waals surface area contributed by atoms with E-state index in [1.807, 2.05) is 0 Å². The van der Waals surface area contributed by atoms with Gasteiger partial charge in [-0.2, -0.15) is 5.10 Å². The van der Waals surface area contributed by atoms with Crippen molar-refractivity contribution in [2.24, 2.45) is 7.05 Å². The highest BCUT2D eigenvalue weighted by molar-refractivity contribution is 6.32. The summed E-state index contributed by atoms with van der Waals surface area (Å²) in [6.45, 7) is 1.27. The lowest BCUT2D eigenvalue weighted by Gasteiger charge is -2.25. The van der Waals surface area contributed by atoms with Crippen LogP contribution in [-0.4, -0.2) is 66.0 Å². The molecule has 0 fully saturated rings. The Hall–Kier alpha value is -4.49. The Bertz CT molecular complexity index is 1590. The molecule has 1 aliphatic heterocycles. The summed E-state index contributed by atoms with van der Waals surface area (Å²) in [5.74, 6) is 0.173. The Kier molecular flexibility index (Phi) is 7.41. The van der Waals surface area contributed by atoms with Gasteiger partial charge in [-0.1, -0.05) is 11.6 Å². The average Bonchev–Trinajstić information content (AvgIpc) is 3.63. The lowest BCUT2D eigenvalue weighted by Crippen LogP contribution is -2.47. The summed E-state index contributed by atoms with van der Waals surface area (Å²) in [6.07, 6.45) is 4.72. The number of halogens is 2. The van der Waals surface area contributed by atoms with E-state index in [1.54, 1.807) is 43.2 Å². The van der Waals surface area contributed by atoms with E-state index >= 15 is 0 Å². The minimum atomic E-state index is -0.892. The van der Waals surface area contributed by atoms with Crippen LogP contribution in [0.15, 0.2) is 48.9 Å². The second-order valence-corrected chi connectivity index (χ2v) is 9.61. The third-order valence-electron chi connectivity index (χ3n) is 6.64. The van der Waals surface area contributed by atoms with Crippen LogP contribution in [0.3, 0.4) is 0 Å². The van der Waals surface area contributed by atoms with Crippen molar-refractivity contribution in [3.63, 3.8) is 0 Å². The molecule has 3 aromatic heterocycles. The molecule has 5 rings (SSSR count). The first-order valence-electron chi connectivity index (χ1n) is 12.2. The van der Waals surface area contributed by atoms with Crippen molar-refractivity contribution in [2.75, 3.05) is 19.0 Å². The fourth-order valence-corrected chi connectivity index (χ4v) is 4.63. The van der Waals surface area contributed by atoms with E-state index in [2.05, 4.69) is 25.7 Å². The third-order valence-corrected chi connectivity index (χ3v) is 6.92. The topological polar surface area (TPSA) is 139 Å². The van der Waals surface area contributed by atoms with Crippen molar-refractivity contribution in [3.8, 4) is 17.0 Å². The van der Waals surface area contributed by atoms with Crippen molar-refractivity contribution >= 4 is 35.3 Å². The predicted octanol–water partition coefficient (Wildman–Crippen LogP) is 3.25. The molecule has 2 amide bonds. The van der Waals surface area contributed by atoms with Gasteiger partial charge in [0.2, 0.25) is 11.9 Å². The molecule has 0 radical (unpaired) electrons. The number of carbonyl (C=O) groups excluding carboxylic acids is 2. The maximum absolute atomic E-state index is 14.0. The average molecular weight is 569 g/mol. The summed E-state index contributed by atoms with van der Waals surface area (Å²) >= 11 is 6.39. The minimum absolute atomic E-state index is 0.161. The molecule has 12 nitrogen and oxygen atoms in total. The number of ether oxygens (including phenoxy) is 1. The summed E-state index contributed by atoms with van der Waals surface area (Å²) in [7, 11) is 3.17. The Morgan fingerprint density at radius 2 is 2.10 bits per heavy atom. The summed E-state index contributed by atoms with van der Waals surface area (Å²) < 4.78 is 22.1. The van der Waals surface area contributed by atoms with Crippen molar-refractivity contribution in [2.45, 2.75) is 25.6 Å². The number of aliphatic hydroxyl groups is 1. The van der Waals surface area contributed by atoms with Gasteiger partial charge in [0, 0.05) is 36.6 Å². The number of fused-ring (bicyclic) bond motifs is 1. The van der Waals surface area contributed by atoms with Crippen LogP contribution in [0.2, 0.25) is 5.02 Å². The van der Waals surface area contributed by atoms with E-state index < -0.39 is 36.4 Å². The maximum atomic E-state index is 14.0. The number of nitrogens with zero attached hydrogens (tertiary/aromatic N) is 6. The van der Waals surface area contributed by atoms with Crippen LogP contribution in [0.4, 0.5) is 21.0 Å². The molecule has 0 unspecified atom stereocenters. The van der Waals surface area contributed by atoms with E-state index in [0.29, 0.717) is 39.3 Å². The molecule has 0 bridgehead atoms. The number of rotatable bonds is 9. The molecule has 40 heavy (non-hydrogen) atoms. The second kappa shape index (κ2) is 10.9. The fraction of sp³-hybridized carbons (Fsp3) is 0.269. The monoisotopic (exact) mass is 568 g/mol. The Morgan fingerprint density at radius 3 is 2.77 bits per heavy atom. The van der Waals surface area contributed by atoms with Gasteiger partial charge in [-0.05, 0) is 30.7 Å². The number of aromatic nitrogens is 5. The van der Waals surface area contributed by atoms with Crippen LogP contribution >= 0.6 is 11.6 Å². The quantitative estimate of drug-likeness (QED) is 0.280. The number of benzene rings is 1. The number of carbonyl (C=O) groups is 2. The maximum Gasteiger partial charge on any atom is 0.329 e. The minimum Gasteiger partial charge on any atom is -0.497 e. The summed E-state index contributed by atoms with van der Waals surface area (Å²) in [5.41, 5.74) is 2.03. The number of methoxy groups -OCH3 is 1. The van der Waals surface area contributed by atoms with Crippen molar-refractivity contribution in [1.82, 2.24) is 34.5 Å². The largest absolute Gasteiger partial charge is 0.497 e. The highest BCUT2D eigenvalue weighted by atomic mass is 35.5. The number of aryl methyl sites for hydroxylation is 1. The normalized spacial score (nSPS) is 14.2. The lowest BCUT2D eigenvalue weighted by molar-refractivity contribution is -0.126. The van der Waals surface area contributed by atoms with Gasteiger partial charge in [-0.25, -0.2) is 19.2 Å². The molecular weight excluding hydrogens is 543 g/mol. The van der Waals surface area contributed by atoms with Gasteiger partial charge in [0.05, 0.1) is 49.4 Å². The highest BCUT2D eigenvalue weighted by Crippen LogP contribution is 2.32. The van der Waals surface area contributed by atoms with Crippen LogP contribution in [0, 0.1) is 5.82 Å². The summed E-state index contributed by atoms with van der Waals surface area (Å²) in [6, 6.07) is 5.30. The molecule has 4 heterocycles. The number of hydrogen-bond donors (Lipinski definition) is 3. The SMILES string of the molecule is COc1cc(F)cc([C@@H](CO)NC(=O)[C@@H](C)N2Cc3cc(-c4nc(Nc5ccnn5C)ncc4Cl)cn3C2=O)c1. The highest BCUT2D eigenvalue weighted by Gasteiger charge is 2.35. The van der Waals surface area contributed by atoms with E-state index in [1.165, 1.54) is 41.0 Å². The third kappa shape index (κ3) is 5.20. The molecule has 2 atom stereocenters. The molecule has 0 aliphatic carbocycles. The predicted molar refractivity (Wildman–Crippen MR) is 144 cm³/mol. The first-order valence-corrected chi connectivity index (χ1v) is 12.6. The molecule has 208 valence electrons. The first kappa shape index (κ1) is 27.1. The standard InChI is InChI=1S/C26H26ClFN8O4/c1-14(24(38)31-21(13-37)15-6-17(28)9-19(8-15)40-3)35-12-18-7-16(11-36(18)26(35)39)23-20(27)10-29-25(33-23)32-22-4-5-30-34(22)2/h4-11,14,21,37H,12-13H2,1-3H3,(H,31,38)(H,29,32,33)/t14-,21-/m1/s1. The molecule has 0 saturated heterocycles. The molecule has 0 saturated carbocycles. The molecule has 1 aromatic carbocycles. The van der Waals surface area contributed by atoms with Gasteiger partial charge in [0.15, 0.2) is 0 Å². The van der Waals surface area contributed by atoms with E-state index in [0.717, 1.165) is 0 Å². The molecular formula is C26H26ClFN8O4. The number of amides is 2. The summed E-state index contributed by atoms with van der Waals surface area (Å²) in [5, 5.41) is 20.0. The Morgan fingerprint density at radius 1 is 1.30 bits per heavy atom. The zero-order valence-electron chi connectivity index (χ0n) is 21.8.